The van der Waals surface area contributed by atoms with Crippen LogP contribution >= 0.6 is 11.6 Å². The number of amides is 1. The monoisotopic (exact) mass is 295 g/mol. The van der Waals surface area contributed by atoms with Crippen molar-refractivity contribution in [3.63, 3.8) is 0 Å². The van der Waals surface area contributed by atoms with Crippen LogP contribution in [-0.4, -0.2) is 47.9 Å². The number of carbonyl (C=O) groups excluding carboxylic acids is 1. The number of halogens is 1. The van der Waals surface area contributed by atoms with Crippen LogP contribution in [0, 0.1) is 0 Å². The van der Waals surface area contributed by atoms with Gasteiger partial charge < -0.3 is 10.6 Å². The highest BCUT2D eigenvalue weighted by atomic mass is 35.5. The smallest absolute Gasteiger partial charge is 0.239 e. The van der Waals surface area contributed by atoms with Crippen LogP contribution in [0.25, 0.3) is 0 Å². The third-order valence-corrected chi connectivity index (χ3v) is 4.17. The molecule has 1 aliphatic rings. The molecule has 1 saturated heterocycles. The average Bonchev–Trinajstić information content (AvgIpc) is 2.46. The number of nitrogens with zero attached hydrogens (tertiary/aromatic N) is 2. The van der Waals surface area contributed by atoms with Gasteiger partial charge in [0, 0.05) is 37.2 Å². The summed E-state index contributed by atoms with van der Waals surface area (Å²) in [5, 5.41) is 0.758. The zero-order valence-electron chi connectivity index (χ0n) is 12.1. The summed E-state index contributed by atoms with van der Waals surface area (Å²) in [6.07, 6.45) is 0. The zero-order valence-corrected chi connectivity index (χ0v) is 12.8. The maximum Gasteiger partial charge on any atom is 0.239 e. The van der Waals surface area contributed by atoms with Crippen molar-refractivity contribution in [2.45, 2.75) is 25.9 Å². The van der Waals surface area contributed by atoms with Gasteiger partial charge in [-0.05, 0) is 31.5 Å². The summed E-state index contributed by atoms with van der Waals surface area (Å²) in [4.78, 5) is 16.1. The van der Waals surface area contributed by atoms with E-state index in [9.17, 15) is 4.79 Å². The van der Waals surface area contributed by atoms with E-state index in [1.54, 1.807) is 6.92 Å². The fourth-order valence-corrected chi connectivity index (χ4v) is 2.70. The van der Waals surface area contributed by atoms with Gasteiger partial charge in [0.15, 0.2) is 0 Å². The van der Waals surface area contributed by atoms with E-state index in [1.807, 2.05) is 17.0 Å². The van der Waals surface area contributed by atoms with Crippen molar-refractivity contribution in [1.29, 1.82) is 0 Å². The molecule has 2 rings (SSSR count). The standard InChI is InChI=1S/C15H22ClN3O/c1-11(17)15(20)19-9-7-18(8-10-19)12(2)13-3-5-14(16)6-4-13/h3-6,11-12H,7-10,17H2,1-2H3. The molecule has 0 aromatic heterocycles. The van der Waals surface area contributed by atoms with Crippen molar-refractivity contribution in [1.82, 2.24) is 9.80 Å². The Kier molecular flexibility index (Phi) is 5.02. The average molecular weight is 296 g/mol. The first-order chi connectivity index (χ1) is 9.49. The van der Waals surface area contributed by atoms with Gasteiger partial charge >= 0.3 is 0 Å². The molecule has 0 radical (unpaired) electrons. The minimum absolute atomic E-state index is 0.0452. The van der Waals surface area contributed by atoms with Gasteiger partial charge in [0.25, 0.3) is 0 Å². The largest absolute Gasteiger partial charge is 0.339 e. The van der Waals surface area contributed by atoms with Gasteiger partial charge in [-0.3, -0.25) is 9.69 Å². The topological polar surface area (TPSA) is 49.6 Å². The summed E-state index contributed by atoms with van der Waals surface area (Å²) >= 11 is 5.92. The molecule has 20 heavy (non-hydrogen) atoms. The van der Waals surface area contributed by atoms with Gasteiger partial charge in [-0.2, -0.15) is 0 Å². The summed E-state index contributed by atoms with van der Waals surface area (Å²) < 4.78 is 0. The van der Waals surface area contributed by atoms with E-state index in [1.165, 1.54) is 5.56 Å². The molecule has 1 aliphatic heterocycles. The van der Waals surface area contributed by atoms with Crippen molar-refractivity contribution in [2.75, 3.05) is 26.2 Å². The molecule has 0 spiro atoms. The van der Waals surface area contributed by atoms with Crippen molar-refractivity contribution >= 4 is 17.5 Å². The first-order valence-electron chi connectivity index (χ1n) is 7.03. The highest BCUT2D eigenvalue weighted by Gasteiger charge is 2.25. The first-order valence-corrected chi connectivity index (χ1v) is 7.40. The number of benzene rings is 1. The highest BCUT2D eigenvalue weighted by molar-refractivity contribution is 6.30. The molecule has 2 N–H and O–H groups in total. The fourth-order valence-electron chi connectivity index (χ4n) is 2.57. The molecule has 4 nitrogen and oxygen atoms in total. The van der Waals surface area contributed by atoms with Crippen molar-refractivity contribution < 1.29 is 4.79 Å². The molecule has 1 aromatic rings. The van der Waals surface area contributed by atoms with Crippen LogP contribution in [0.3, 0.4) is 0 Å². The van der Waals surface area contributed by atoms with E-state index < -0.39 is 6.04 Å². The summed E-state index contributed by atoms with van der Waals surface area (Å²) in [5.74, 6) is 0.0452. The lowest BCUT2D eigenvalue weighted by molar-refractivity contribution is -0.134. The molecule has 1 heterocycles. The maximum absolute atomic E-state index is 11.8. The van der Waals surface area contributed by atoms with Gasteiger partial charge in [-0.25, -0.2) is 0 Å². The Bertz CT molecular complexity index is 453. The van der Waals surface area contributed by atoms with E-state index in [4.69, 9.17) is 17.3 Å². The number of hydrogen-bond acceptors (Lipinski definition) is 3. The zero-order chi connectivity index (χ0) is 14.7. The quantitative estimate of drug-likeness (QED) is 0.926. The van der Waals surface area contributed by atoms with Crippen LogP contribution in [-0.2, 0) is 4.79 Å². The number of piperazine rings is 1. The molecule has 1 amide bonds. The number of hydrogen-bond donors (Lipinski definition) is 1. The Morgan fingerprint density at radius 1 is 1.15 bits per heavy atom. The Labute approximate surface area is 125 Å². The molecule has 2 atom stereocenters. The Morgan fingerprint density at radius 2 is 1.70 bits per heavy atom. The maximum atomic E-state index is 11.8. The summed E-state index contributed by atoms with van der Waals surface area (Å²) in [5.41, 5.74) is 6.90. The predicted octanol–water partition coefficient (Wildman–Crippen LogP) is 1.89. The molecule has 2 unspecified atom stereocenters. The number of rotatable bonds is 3. The van der Waals surface area contributed by atoms with Crippen LogP contribution in [0.1, 0.15) is 25.5 Å². The van der Waals surface area contributed by atoms with E-state index in [0.29, 0.717) is 6.04 Å². The minimum atomic E-state index is -0.407. The molecule has 1 fully saturated rings. The minimum Gasteiger partial charge on any atom is -0.339 e. The Morgan fingerprint density at radius 3 is 2.20 bits per heavy atom. The van der Waals surface area contributed by atoms with Gasteiger partial charge in [0.2, 0.25) is 5.91 Å². The van der Waals surface area contributed by atoms with Crippen molar-refractivity contribution in [3.8, 4) is 0 Å². The highest BCUT2D eigenvalue weighted by Crippen LogP contribution is 2.23. The van der Waals surface area contributed by atoms with Gasteiger partial charge in [0.1, 0.15) is 0 Å². The summed E-state index contributed by atoms with van der Waals surface area (Å²) in [7, 11) is 0. The second kappa shape index (κ2) is 6.57. The lowest BCUT2D eigenvalue weighted by atomic mass is 10.1. The van der Waals surface area contributed by atoms with Crippen molar-refractivity contribution in [3.05, 3.63) is 34.9 Å². The summed E-state index contributed by atoms with van der Waals surface area (Å²) in [6.45, 7) is 7.18. The normalized spacial score (nSPS) is 19.7. The molecule has 0 saturated carbocycles. The van der Waals surface area contributed by atoms with Crippen LogP contribution in [0.2, 0.25) is 5.02 Å². The predicted molar refractivity (Wildman–Crippen MR) is 81.7 cm³/mol. The van der Waals surface area contributed by atoms with Crippen LogP contribution in [0.15, 0.2) is 24.3 Å². The number of nitrogens with two attached hydrogens (primary N) is 1. The first kappa shape index (κ1) is 15.3. The summed E-state index contributed by atoms with van der Waals surface area (Å²) in [6, 6.07) is 7.89. The Balaban J connectivity index is 1.93. The molecule has 0 bridgehead atoms. The second-order valence-electron chi connectivity index (χ2n) is 5.38. The van der Waals surface area contributed by atoms with E-state index in [-0.39, 0.29) is 5.91 Å². The van der Waals surface area contributed by atoms with Gasteiger partial charge in [0.05, 0.1) is 6.04 Å². The fraction of sp³-hybridized carbons (Fsp3) is 0.533. The lowest BCUT2D eigenvalue weighted by Gasteiger charge is -2.38. The van der Waals surface area contributed by atoms with Gasteiger partial charge in [-0.1, -0.05) is 23.7 Å². The van der Waals surface area contributed by atoms with Gasteiger partial charge in [-0.15, -0.1) is 0 Å². The van der Waals surface area contributed by atoms with Crippen LogP contribution < -0.4 is 5.73 Å². The van der Waals surface area contributed by atoms with E-state index in [0.717, 1.165) is 31.2 Å². The van der Waals surface area contributed by atoms with Crippen molar-refractivity contribution in [2.24, 2.45) is 5.73 Å². The second-order valence-corrected chi connectivity index (χ2v) is 5.81. The van der Waals surface area contributed by atoms with E-state index >= 15 is 0 Å². The third-order valence-electron chi connectivity index (χ3n) is 3.92. The lowest BCUT2D eigenvalue weighted by Crippen LogP contribution is -2.52. The number of carbonyl (C=O) groups is 1. The third kappa shape index (κ3) is 3.51. The molecular weight excluding hydrogens is 274 g/mol. The molecular formula is C15H22ClN3O. The van der Waals surface area contributed by atoms with Crippen LogP contribution in [0.5, 0.6) is 0 Å². The molecule has 5 heteroatoms. The molecule has 0 aliphatic carbocycles. The molecule has 1 aromatic carbocycles. The van der Waals surface area contributed by atoms with E-state index in [2.05, 4.69) is 24.0 Å². The molecule has 110 valence electrons. The van der Waals surface area contributed by atoms with Crippen LogP contribution in [0.4, 0.5) is 0 Å². The SMILES string of the molecule is CC(N)C(=O)N1CCN(C(C)c2ccc(Cl)cc2)CC1. The Hall–Kier alpha value is -1.10.